The van der Waals surface area contributed by atoms with Crippen molar-refractivity contribution >= 4 is 23.5 Å². The topological polar surface area (TPSA) is 111 Å². The Labute approximate surface area is 192 Å². The van der Waals surface area contributed by atoms with Crippen LogP contribution in [0.5, 0.6) is 0 Å². The van der Waals surface area contributed by atoms with E-state index in [2.05, 4.69) is 30.8 Å². The predicted molar refractivity (Wildman–Crippen MR) is 126 cm³/mol. The number of aromatic nitrogens is 4. The molecule has 10 heteroatoms. The number of aryl methyl sites for hydroxylation is 2. The first kappa shape index (κ1) is 22.1. The minimum Gasteiger partial charge on any atom is -0.474 e. The molecule has 0 fully saturated rings. The molecule has 0 unspecified atom stereocenters. The first-order valence-corrected chi connectivity index (χ1v) is 10.7. The molecule has 2 aromatic heterocycles. The summed E-state index contributed by atoms with van der Waals surface area (Å²) in [6.07, 6.45) is 5.19. The Morgan fingerprint density at radius 2 is 2.09 bits per heavy atom. The van der Waals surface area contributed by atoms with Crippen molar-refractivity contribution in [3.8, 4) is 0 Å². The second kappa shape index (κ2) is 10.0. The fraction of sp³-hybridized carbons (Fsp3) is 0.304. The molecule has 172 valence electrons. The zero-order chi connectivity index (χ0) is 23.2. The maximum atomic E-state index is 12.2. The van der Waals surface area contributed by atoms with Crippen LogP contribution in [0.25, 0.3) is 0 Å². The summed E-state index contributed by atoms with van der Waals surface area (Å²) < 4.78 is 5.52. The maximum Gasteiger partial charge on any atom is 0.253 e. The molecule has 10 nitrogen and oxygen atoms in total. The van der Waals surface area contributed by atoms with Gasteiger partial charge < -0.3 is 25.2 Å². The lowest BCUT2D eigenvalue weighted by atomic mass is 10.0. The van der Waals surface area contributed by atoms with Gasteiger partial charge in [-0.25, -0.2) is 4.98 Å². The highest BCUT2D eigenvalue weighted by molar-refractivity contribution is 5.94. The fourth-order valence-electron chi connectivity index (χ4n) is 3.36. The van der Waals surface area contributed by atoms with Crippen molar-refractivity contribution in [3.05, 3.63) is 71.4 Å². The largest absolute Gasteiger partial charge is 0.474 e. The average molecular weight is 449 g/mol. The molecule has 3 N–H and O–H groups in total. The van der Waals surface area contributed by atoms with Gasteiger partial charge >= 0.3 is 0 Å². The van der Waals surface area contributed by atoms with E-state index in [1.165, 1.54) is 0 Å². The molecule has 0 radical (unpaired) electrons. The van der Waals surface area contributed by atoms with Crippen molar-refractivity contribution < 1.29 is 9.53 Å². The van der Waals surface area contributed by atoms with Gasteiger partial charge in [0.25, 0.3) is 5.91 Å². The number of carbonyl (C=O) groups is 1. The molecule has 0 bridgehead atoms. The van der Waals surface area contributed by atoms with Crippen molar-refractivity contribution in [1.29, 1.82) is 0 Å². The summed E-state index contributed by atoms with van der Waals surface area (Å²) in [5.74, 6) is 2.66. The summed E-state index contributed by atoms with van der Waals surface area (Å²) in [5.41, 5.74) is 2.79. The van der Waals surface area contributed by atoms with Crippen LogP contribution in [0.3, 0.4) is 0 Å². The lowest BCUT2D eigenvalue weighted by molar-refractivity contribution is 0.0827. The molecule has 0 saturated carbocycles. The average Bonchev–Trinajstić information content (AvgIpc) is 3.44. The molecular formula is C23H28N8O2. The third-order valence-corrected chi connectivity index (χ3v) is 5.04. The number of H-pyrrole nitrogens is 1. The third kappa shape index (κ3) is 6.00. The van der Waals surface area contributed by atoms with E-state index < -0.39 is 0 Å². The summed E-state index contributed by atoms with van der Waals surface area (Å²) in [6.45, 7) is 1.07. The molecule has 0 spiro atoms. The van der Waals surface area contributed by atoms with Gasteiger partial charge in [0.15, 0.2) is 12.5 Å². The SMILES string of the molecule is CN1C=C(CNc2nccc(Nc3cc(CCc4cccc(C(=O)N(C)C)c4)[nH]n3)n2)OC1. The van der Waals surface area contributed by atoms with Crippen LogP contribution < -0.4 is 10.6 Å². The van der Waals surface area contributed by atoms with E-state index in [0.29, 0.717) is 36.4 Å². The number of rotatable bonds is 9. The summed E-state index contributed by atoms with van der Waals surface area (Å²) in [7, 11) is 5.46. The zero-order valence-corrected chi connectivity index (χ0v) is 19.0. The fourth-order valence-corrected chi connectivity index (χ4v) is 3.36. The second-order valence-electron chi connectivity index (χ2n) is 8.05. The van der Waals surface area contributed by atoms with Gasteiger partial charge in [0, 0.05) is 50.9 Å². The van der Waals surface area contributed by atoms with Crippen LogP contribution in [0, 0.1) is 0 Å². The maximum absolute atomic E-state index is 12.2. The molecular weight excluding hydrogens is 420 g/mol. The van der Waals surface area contributed by atoms with Crippen LogP contribution in [0.1, 0.15) is 21.6 Å². The van der Waals surface area contributed by atoms with Crippen molar-refractivity contribution in [1.82, 2.24) is 30.0 Å². The number of ether oxygens (including phenoxy) is 1. The molecule has 0 aliphatic carbocycles. The number of nitrogens with one attached hydrogen (secondary N) is 3. The zero-order valence-electron chi connectivity index (χ0n) is 19.0. The van der Waals surface area contributed by atoms with Gasteiger partial charge in [-0.1, -0.05) is 12.1 Å². The van der Waals surface area contributed by atoms with E-state index in [1.807, 2.05) is 48.5 Å². The van der Waals surface area contributed by atoms with Crippen molar-refractivity contribution in [2.45, 2.75) is 12.8 Å². The number of carbonyl (C=O) groups excluding carboxylic acids is 1. The first-order valence-electron chi connectivity index (χ1n) is 10.7. The lowest BCUT2D eigenvalue weighted by Crippen LogP contribution is -2.21. The van der Waals surface area contributed by atoms with E-state index in [9.17, 15) is 4.79 Å². The highest BCUT2D eigenvalue weighted by Gasteiger charge is 2.11. The monoisotopic (exact) mass is 448 g/mol. The molecule has 3 aromatic rings. The van der Waals surface area contributed by atoms with Crippen molar-refractivity contribution in [2.24, 2.45) is 0 Å². The Morgan fingerprint density at radius 1 is 1.21 bits per heavy atom. The highest BCUT2D eigenvalue weighted by Crippen LogP contribution is 2.16. The van der Waals surface area contributed by atoms with Crippen LogP contribution in [-0.4, -0.2) is 70.3 Å². The highest BCUT2D eigenvalue weighted by atomic mass is 16.5. The Hall–Kier alpha value is -4.08. The summed E-state index contributed by atoms with van der Waals surface area (Å²) in [5, 5.41) is 13.7. The second-order valence-corrected chi connectivity index (χ2v) is 8.05. The first-order chi connectivity index (χ1) is 16.0. The van der Waals surface area contributed by atoms with Gasteiger partial charge in [0.05, 0.1) is 6.54 Å². The molecule has 1 aliphatic heterocycles. The number of aromatic amines is 1. The van der Waals surface area contributed by atoms with Gasteiger partial charge in [-0.3, -0.25) is 9.89 Å². The van der Waals surface area contributed by atoms with Gasteiger partial charge in [-0.05, 0) is 36.6 Å². The summed E-state index contributed by atoms with van der Waals surface area (Å²) >= 11 is 0. The van der Waals surface area contributed by atoms with Gasteiger partial charge in [-0.15, -0.1) is 0 Å². The van der Waals surface area contributed by atoms with Gasteiger partial charge in [-0.2, -0.15) is 10.1 Å². The molecule has 1 aromatic carbocycles. The smallest absolute Gasteiger partial charge is 0.253 e. The van der Waals surface area contributed by atoms with Crippen LogP contribution in [-0.2, 0) is 17.6 Å². The number of anilines is 3. The van der Waals surface area contributed by atoms with E-state index in [-0.39, 0.29) is 5.91 Å². The van der Waals surface area contributed by atoms with E-state index in [4.69, 9.17) is 4.74 Å². The normalized spacial score (nSPS) is 12.8. The van der Waals surface area contributed by atoms with Crippen molar-refractivity contribution in [3.63, 3.8) is 0 Å². The Bertz CT molecular complexity index is 1140. The minimum atomic E-state index is 0.00316. The number of nitrogens with zero attached hydrogens (tertiary/aromatic N) is 5. The Kier molecular flexibility index (Phi) is 6.72. The van der Waals surface area contributed by atoms with E-state index in [0.717, 1.165) is 29.9 Å². The predicted octanol–water partition coefficient (Wildman–Crippen LogP) is 2.60. The Morgan fingerprint density at radius 3 is 2.88 bits per heavy atom. The van der Waals surface area contributed by atoms with Gasteiger partial charge in [0.1, 0.15) is 11.6 Å². The molecule has 33 heavy (non-hydrogen) atoms. The van der Waals surface area contributed by atoms with Gasteiger partial charge in [0.2, 0.25) is 5.95 Å². The number of hydrogen-bond acceptors (Lipinski definition) is 8. The summed E-state index contributed by atoms with van der Waals surface area (Å²) in [4.78, 5) is 24.4. The Balaban J connectivity index is 1.31. The van der Waals surface area contributed by atoms with Crippen LogP contribution in [0.2, 0.25) is 0 Å². The molecule has 1 amide bonds. The lowest BCUT2D eigenvalue weighted by Gasteiger charge is -2.11. The standard InChI is InChI=1S/C23H28N8O2/c1-30(2)22(32)17-6-4-5-16(11-17)7-8-18-12-21(29-28-18)26-20-9-10-24-23(27-20)25-13-19-14-31(3)15-33-19/h4-6,9-12,14H,7-8,13,15H2,1-3H3,(H3,24,25,26,27,28,29). The minimum absolute atomic E-state index is 0.00316. The molecule has 0 atom stereocenters. The number of hydrogen-bond donors (Lipinski definition) is 3. The molecule has 3 heterocycles. The van der Waals surface area contributed by atoms with Crippen LogP contribution in [0.15, 0.2) is 54.6 Å². The number of amides is 1. The number of benzene rings is 1. The van der Waals surface area contributed by atoms with Crippen LogP contribution in [0.4, 0.5) is 17.6 Å². The van der Waals surface area contributed by atoms with Crippen molar-refractivity contribution in [2.75, 3.05) is 45.1 Å². The quantitative estimate of drug-likeness (QED) is 0.458. The van der Waals surface area contributed by atoms with E-state index in [1.54, 1.807) is 31.3 Å². The van der Waals surface area contributed by atoms with E-state index >= 15 is 0 Å². The molecule has 4 rings (SSSR count). The van der Waals surface area contributed by atoms with Crippen LogP contribution >= 0.6 is 0 Å². The summed E-state index contributed by atoms with van der Waals surface area (Å²) in [6, 6.07) is 11.5. The molecule has 0 saturated heterocycles. The third-order valence-electron chi connectivity index (χ3n) is 5.04. The molecule has 1 aliphatic rings.